The summed E-state index contributed by atoms with van der Waals surface area (Å²) >= 11 is 5.80. The van der Waals surface area contributed by atoms with Gasteiger partial charge in [-0.1, -0.05) is 17.7 Å². The fourth-order valence-corrected chi connectivity index (χ4v) is 2.72. The molecular formula is C16H13ClF2O5S. The second-order valence-electron chi connectivity index (χ2n) is 4.77. The molecule has 0 atom stereocenters. The molecule has 0 radical (unpaired) electrons. The van der Waals surface area contributed by atoms with Crippen molar-refractivity contribution in [1.29, 1.82) is 0 Å². The number of carbonyl (C=O) groups is 1. The van der Waals surface area contributed by atoms with E-state index in [2.05, 4.69) is 0 Å². The van der Waals surface area contributed by atoms with Gasteiger partial charge in [0.05, 0.1) is 10.5 Å². The first-order valence-electron chi connectivity index (χ1n) is 6.98. The Bertz CT molecular complexity index is 838. The predicted octanol–water partition coefficient (Wildman–Crippen LogP) is 3.57. The molecule has 2 rings (SSSR count). The molecule has 0 heterocycles. The van der Waals surface area contributed by atoms with Gasteiger partial charge in [-0.3, -0.25) is 0 Å². The molecule has 0 saturated heterocycles. The molecule has 25 heavy (non-hydrogen) atoms. The second kappa shape index (κ2) is 8.26. The monoisotopic (exact) mass is 390 g/mol. The highest BCUT2D eigenvalue weighted by molar-refractivity contribution is 7.91. The molecule has 0 aromatic heterocycles. The first-order valence-corrected chi connectivity index (χ1v) is 8.91. The average Bonchev–Trinajstić information content (AvgIpc) is 2.58. The van der Waals surface area contributed by atoms with E-state index in [0.717, 1.165) is 24.3 Å². The molecular weight excluding hydrogens is 378 g/mol. The highest BCUT2D eigenvalue weighted by atomic mass is 35.5. The number of rotatable bonds is 7. The van der Waals surface area contributed by atoms with Crippen LogP contribution in [0.1, 0.15) is 10.4 Å². The van der Waals surface area contributed by atoms with Crippen molar-refractivity contribution in [2.45, 2.75) is 10.7 Å². The summed E-state index contributed by atoms with van der Waals surface area (Å²) in [5.41, 5.74) is 0.0379. The van der Waals surface area contributed by atoms with Crippen LogP contribution in [0.3, 0.4) is 0 Å². The van der Waals surface area contributed by atoms with Gasteiger partial charge in [0.15, 0.2) is 0 Å². The van der Waals surface area contributed by atoms with Gasteiger partial charge < -0.3 is 9.47 Å². The first-order chi connectivity index (χ1) is 11.8. The summed E-state index contributed by atoms with van der Waals surface area (Å²) in [4.78, 5) is 11.2. The molecule has 2 aromatic rings. The number of sulfone groups is 1. The quantitative estimate of drug-likeness (QED) is 0.534. The summed E-state index contributed by atoms with van der Waals surface area (Å²) in [7, 11) is -4.69. The van der Waals surface area contributed by atoms with Crippen molar-refractivity contribution in [3.05, 3.63) is 59.1 Å². The van der Waals surface area contributed by atoms with Crippen LogP contribution in [0, 0.1) is 0 Å². The summed E-state index contributed by atoms with van der Waals surface area (Å²) in [5.74, 6) is -3.73. The van der Waals surface area contributed by atoms with Gasteiger partial charge in [-0.15, -0.1) is 0 Å². The van der Waals surface area contributed by atoms with Crippen molar-refractivity contribution in [1.82, 2.24) is 0 Å². The number of carbonyl (C=O) groups excluding carboxylic acids is 1. The molecule has 0 N–H and O–H groups in total. The summed E-state index contributed by atoms with van der Waals surface area (Å²) < 4.78 is 57.7. The number of esters is 1. The number of alkyl halides is 2. The normalized spacial score (nSPS) is 11.4. The minimum atomic E-state index is -4.69. The summed E-state index contributed by atoms with van der Waals surface area (Å²) in [6.45, 7) is 0.0341. The van der Waals surface area contributed by atoms with Gasteiger partial charge in [-0.25, -0.2) is 13.2 Å². The third-order valence-corrected chi connectivity index (χ3v) is 4.67. The fourth-order valence-electron chi connectivity index (χ4n) is 1.82. The van der Waals surface area contributed by atoms with Gasteiger partial charge in [-0.05, 0) is 42.5 Å². The zero-order chi connectivity index (χ0) is 18.4. The van der Waals surface area contributed by atoms with E-state index in [9.17, 15) is 22.0 Å². The van der Waals surface area contributed by atoms with Crippen LogP contribution in [0.15, 0.2) is 53.4 Å². The number of benzene rings is 2. The lowest BCUT2D eigenvalue weighted by Crippen LogP contribution is -2.14. The maximum atomic E-state index is 12.4. The number of hydrogen-bond acceptors (Lipinski definition) is 5. The van der Waals surface area contributed by atoms with E-state index < -0.39 is 26.5 Å². The Morgan fingerprint density at radius 1 is 1.08 bits per heavy atom. The van der Waals surface area contributed by atoms with Crippen LogP contribution in [0.4, 0.5) is 8.78 Å². The van der Waals surface area contributed by atoms with Gasteiger partial charge in [-0.2, -0.15) is 8.78 Å². The van der Waals surface area contributed by atoms with Crippen LogP contribution in [0.5, 0.6) is 5.75 Å². The predicted molar refractivity (Wildman–Crippen MR) is 86.9 cm³/mol. The molecule has 0 aliphatic rings. The zero-order valence-electron chi connectivity index (χ0n) is 12.7. The summed E-state index contributed by atoms with van der Waals surface area (Å²) in [5, 5.41) is 0.508. The third kappa shape index (κ3) is 5.14. The SMILES string of the molecule is O=C(OCCOc1cccc(Cl)c1)c1ccc(S(=O)(=O)C(F)F)cc1. The average molecular weight is 391 g/mol. The van der Waals surface area contributed by atoms with E-state index >= 15 is 0 Å². The Kier molecular flexibility index (Phi) is 6.33. The molecule has 0 saturated carbocycles. The van der Waals surface area contributed by atoms with Crippen molar-refractivity contribution < 1.29 is 31.5 Å². The molecule has 0 bridgehead atoms. The van der Waals surface area contributed by atoms with Crippen LogP contribution in [-0.4, -0.2) is 33.4 Å². The van der Waals surface area contributed by atoms with Crippen molar-refractivity contribution >= 4 is 27.4 Å². The van der Waals surface area contributed by atoms with E-state index in [1.165, 1.54) is 0 Å². The summed E-state index contributed by atoms with van der Waals surface area (Å²) in [6.07, 6.45) is 0. The molecule has 0 fully saturated rings. The fraction of sp³-hybridized carbons (Fsp3) is 0.188. The van der Waals surface area contributed by atoms with Crippen LogP contribution in [-0.2, 0) is 14.6 Å². The van der Waals surface area contributed by atoms with E-state index in [0.29, 0.717) is 10.8 Å². The molecule has 134 valence electrons. The largest absolute Gasteiger partial charge is 0.490 e. The van der Waals surface area contributed by atoms with Crippen LogP contribution >= 0.6 is 11.6 Å². The van der Waals surface area contributed by atoms with Gasteiger partial charge in [0.1, 0.15) is 19.0 Å². The topological polar surface area (TPSA) is 69.7 Å². The molecule has 2 aromatic carbocycles. The highest BCUT2D eigenvalue weighted by Crippen LogP contribution is 2.19. The van der Waals surface area contributed by atoms with E-state index in [1.54, 1.807) is 24.3 Å². The van der Waals surface area contributed by atoms with Crippen LogP contribution in [0.25, 0.3) is 0 Å². The lowest BCUT2D eigenvalue weighted by Gasteiger charge is -2.08. The number of hydrogen-bond donors (Lipinski definition) is 0. The Morgan fingerprint density at radius 2 is 1.76 bits per heavy atom. The van der Waals surface area contributed by atoms with Gasteiger partial charge >= 0.3 is 11.7 Å². The van der Waals surface area contributed by atoms with E-state index in [4.69, 9.17) is 21.1 Å². The Hall–Kier alpha value is -2.19. The van der Waals surface area contributed by atoms with Crippen molar-refractivity contribution in [3.63, 3.8) is 0 Å². The standard InChI is InChI=1S/C16H13ClF2O5S/c17-12-2-1-3-13(10-12)23-8-9-24-15(20)11-4-6-14(7-5-11)25(21,22)16(18)19/h1-7,10,16H,8-9H2. The van der Waals surface area contributed by atoms with Gasteiger partial charge in [0.2, 0.25) is 9.84 Å². The smallest absolute Gasteiger partial charge is 0.341 e. The van der Waals surface area contributed by atoms with Crippen LogP contribution < -0.4 is 4.74 Å². The molecule has 5 nitrogen and oxygen atoms in total. The lowest BCUT2D eigenvalue weighted by atomic mass is 10.2. The highest BCUT2D eigenvalue weighted by Gasteiger charge is 2.26. The van der Waals surface area contributed by atoms with E-state index in [1.807, 2.05) is 0 Å². The zero-order valence-corrected chi connectivity index (χ0v) is 14.3. The third-order valence-electron chi connectivity index (χ3n) is 3.03. The summed E-state index contributed by atoms with van der Waals surface area (Å²) in [6, 6.07) is 10.8. The second-order valence-corrected chi connectivity index (χ2v) is 7.13. The van der Waals surface area contributed by atoms with Gasteiger partial charge in [0.25, 0.3) is 0 Å². The Labute approximate surface area is 148 Å². The van der Waals surface area contributed by atoms with E-state index in [-0.39, 0.29) is 18.8 Å². The molecule has 0 amide bonds. The lowest BCUT2D eigenvalue weighted by molar-refractivity contribution is 0.0450. The van der Waals surface area contributed by atoms with Crippen molar-refractivity contribution in [2.75, 3.05) is 13.2 Å². The number of ether oxygens (including phenoxy) is 2. The molecule has 0 spiro atoms. The minimum absolute atomic E-state index is 0.0379. The minimum Gasteiger partial charge on any atom is -0.490 e. The van der Waals surface area contributed by atoms with Crippen molar-refractivity contribution in [2.24, 2.45) is 0 Å². The Balaban J connectivity index is 1.87. The maximum Gasteiger partial charge on any atom is 0.341 e. The number of halogens is 3. The molecule has 0 unspecified atom stereocenters. The first kappa shape index (κ1) is 19.1. The Morgan fingerprint density at radius 3 is 2.36 bits per heavy atom. The van der Waals surface area contributed by atoms with Crippen molar-refractivity contribution in [3.8, 4) is 5.75 Å². The molecule has 0 aliphatic carbocycles. The maximum absolute atomic E-state index is 12.4. The van der Waals surface area contributed by atoms with Crippen LogP contribution in [0.2, 0.25) is 5.02 Å². The van der Waals surface area contributed by atoms with Gasteiger partial charge in [0, 0.05) is 5.02 Å². The molecule has 9 heteroatoms. The molecule has 0 aliphatic heterocycles.